The molecule has 0 radical (unpaired) electrons. The molecule has 1 aromatic carbocycles. The summed E-state index contributed by atoms with van der Waals surface area (Å²) in [5.41, 5.74) is 1.09. The molecule has 124 valence electrons. The Hall–Kier alpha value is -1.91. The van der Waals surface area contributed by atoms with E-state index in [1.54, 1.807) is 17.1 Å². The van der Waals surface area contributed by atoms with Crippen molar-refractivity contribution in [3.63, 3.8) is 0 Å². The molecule has 1 amide bonds. The maximum absolute atomic E-state index is 12.1. The SMILES string of the molecule is O=C1CCCC(/C=C/[C@H](O)Cc2ccccc2)N1C/C=C\CO. The Balaban J connectivity index is 1.94. The molecule has 1 saturated heterocycles. The molecule has 0 spiro atoms. The topological polar surface area (TPSA) is 60.8 Å². The second-order valence-corrected chi connectivity index (χ2v) is 5.80. The zero-order valence-corrected chi connectivity index (χ0v) is 13.3. The molecule has 2 atom stereocenters. The molecule has 1 unspecified atom stereocenters. The number of piperidine rings is 1. The van der Waals surface area contributed by atoms with E-state index in [1.165, 1.54) is 0 Å². The van der Waals surface area contributed by atoms with Gasteiger partial charge < -0.3 is 15.1 Å². The number of rotatable bonds is 7. The Morgan fingerprint density at radius 2 is 2.04 bits per heavy atom. The lowest BCUT2D eigenvalue weighted by Gasteiger charge is -2.33. The molecule has 1 aliphatic heterocycles. The summed E-state index contributed by atoms with van der Waals surface area (Å²) < 4.78 is 0. The minimum Gasteiger partial charge on any atom is -0.392 e. The largest absolute Gasteiger partial charge is 0.392 e. The van der Waals surface area contributed by atoms with Gasteiger partial charge in [0.2, 0.25) is 5.91 Å². The van der Waals surface area contributed by atoms with Crippen LogP contribution < -0.4 is 0 Å². The maximum atomic E-state index is 12.1. The highest BCUT2D eigenvalue weighted by Gasteiger charge is 2.25. The van der Waals surface area contributed by atoms with Crippen molar-refractivity contribution >= 4 is 5.91 Å². The zero-order chi connectivity index (χ0) is 16.5. The van der Waals surface area contributed by atoms with Crippen LogP contribution in [0.4, 0.5) is 0 Å². The molecule has 2 rings (SSSR count). The van der Waals surface area contributed by atoms with Crippen molar-refractivity contribution in [2.75, 3.05) is 13.2 Å². The van der Waals surface area contributed by atoms with E-state index in [2.05, 4.69) is 0 Å². The van der Waals surface area contributed by atoms with Gasteiger partial charge in [-0.1, -0.05) is 54.6 Å². The molecule has 0 bridgehead atoms. The van der Waals surface area contributed by atoms with Crippen LogP contribution in [0.2, 0.25) is 0 Å². The van der Waals surface area contributed by atoms with Crippen LogP contribution in [0.15, 0.2) is 54.6 Å². The third-order valence-electron chi connectivity index (χ3n) is 4.03. The highest BCUT2D eigenvalue weighted by atomic mass is 16.3. The van der Waals surface area contributed by atoms with Gasteiger partial charge in [0, 0.05) is 19.4 Å². The number of amides is 1. The Bertz CT molecular complexity index is 539. The van der Waals surface area contributed by atoms with Crippen LogP contribution in [0.1, 0.15) is 24.8 Å². The first-order valence-electron chi connectivity index (χ1n) is 8.16. The minimum atomic E-state index is -0.552. The van der Waals surface area contributed by atoms with E-state index in [4.69, 9.17) is 5.11 Å². The second-order valence-electron chi connectivity index (χ2n) is 5.80. The quantitative estimate of drug-likeness (QED) is 0.757. The smallest absolute Gasteiger partial charge is 0.223 e. The van der Waals surface area contributed by atoms with Crippen LogP contribution in [0.3, 0.4) is 0 Å². The molecule has 1 fully saturated rings. The second kappa shape index (κ2) is 9.28. The highest BCUT2D eigenvalue weighted by Crippen LogP contribution is 2.19. The van der Waals surface area contributed by atoms with Gasteiger partial charge in [-0.2, -0.15) is 0 Å². The normalized spacial score (nSPS) is 20.5. The number of hydrogen-bond acceptors (Lipinski definition) is 3. The number of nitrogens with zero attached hydrogens (tertiary/aromatic N) is 1. The fourth-order valence-corrected chi connectivity index (χ4v) is 2.83. The maximum Gasteiger partial charge on any atom is 0.223 e. The number of hydrogen-bond donors (Lipinski definition) is 2. The third kappa shape index (κ3) is 5.66. The summed E-state index contributed by atoms with van der Waals surface area (Å²) in [6.07, 6.45) is 9.57. The Kier molecular flexibility index (Phi) is 7.04. The molecular formula is C19H25NO3. The first kappa shape index (κ1) is 17.4. The first-order valence-corrected chi connectivity index (χ1v) is 8.16. The fourth-order valence-electron chi connectivity index (χ4n) is 2.83. The average Bonchev–Trinajstić information content (AvgIpc) is 2.56. The van der Waals surface area contributed by atoms with Gasteiger partial charge in [-0.15, -0.1) is 0 Å². The van der Waals surface area contributed by atoms with Gasteiger partial charge in [0.15, 0.2) is 0 Å². The number of aliphatic hydroxyl groups is 2. The Labute approximate surface area is 137 Å². The minimum absolute atomic E-state index is 0.0155. The van der Waals surface area contributed by atoms with E-state index >= 15 is 0 Å². The van der Waals surface area contributed by atoms with Crippen molar-refractivity contribution in [2.45, 2.75) is 37.8 Å². The molecule has 4 heteroatoms. The number of carbonyl (C=O) groups excluding carboxylic acids is 1. The lowest BCUT2D eigenvalue weighted by molar-refractivity contribution is -0.134. The van der Waals surface area contributed by atoms with Crippen molar-refractivity contribution in [3.05, 3.63) is 60.2 Å². The van der Waals surface area contributed by atoms with E-state index in [9.17, 15) is 9.90 Å². The molecule has 1 heterocycles. The highest BCUT2D eigenvalue weighted by molar-refractivity contribution is 5.77. The summed E-state index contributed by atoms with van der Waals surface area (Å²) in [5.74, 6) is 0.131. The van der Waals surface area contributed by atoms with Crippen molar-refractivity contribution in [3.8, 4) is 0 Å². The lowest BCUT2D eigenvalue weighted by atomic mass is 9.99. The van der Waals surface area contributed by atoms with E-state index < -0.39 is 6.10 Å². The van der Waals surface area contributed by atoms with Crippen LogP contribution in [0, 0.1) is 0 Å². The molecule has 4 nitrogen and oxygen atoms in total. The van der Waals surface area contributed by atoms with Crippen molar-refractivity contribution < 1.29 is 15.0 Å². The van der Waals surface area contributed by atoms with Gasteiger partial charge in [-0.25, -0.2) is 0 Å². The van der Waals surface area contributed by atoms with Crippen LogP contribution >= 0.6 is 0 Å². The molecule has 23 heavy (non-hydrogen) atoms. The van der Waals surface area contributed by atoms with Crippen molar-refractivity contribution in [1.82, 2.24) is 4.90 Å². The van der Waals surface area contributed by atoms with Crippen LogP contribution in [0.5, 0.6) is 0 Å². The standard InChI is InChI=1S/C19H25NO3/c21-14-5-4-13-20-17(9-6-10-19(20)23)11-12-18(22)15-16-7-2-1-3-8-16/h1-5,7-8,11-12,17-18,21-22H,6,9-10,13-15H2/b5-4-,12-11+/t17?,18-/m0/s1. The molecule has 1 aliphatic rings. The third-order valence-corrected chi connectivity index (χ3v) is 4.03. The van der Waals surface area contributed by atoms with Gasteiger partial charge in [-0.05, 0) is 18.4 Å². The van der Waals surface area contributed by atoms with Crippen LogP contribution in [-0.2, 0) is 11.2 Å². The first-order chi connectivity index (χ1) is 11.2. The lowest BCUT2D eigenvalue weighted by Crippen LogP contribution is -2.42. The van der Waals surface area contributed by atoms with E-state index in [0.717, 1.165) is 18.4 Å². The van der Waals surface area contributed by atoms with Gasteiger partial charge in [0.1, 0.15) is 0 Å². The summed E-state index contributed by atoms with van der Waals surface area (Å²) in [4.78, 5) is 13.9. The van der Waals surface area contributed by atoms with Crippen molar-refractivity contribution in [1.29, 1.82) is 0 Å². The molecule has 1 aromatic rings. The fraction of sp³-hybridized carbons (Fsp3) is 0.421. The summed E-state index contributed by atoms with van der Waals surface area (Å²) in [5, 5.41) is 19.0. The van der Waals surface area contributed by atoms with Gasteiger partial charge in [-0.3, -0.25) is 4.79 Å². The molecular weight excluding hydrogens is 290 g/mol. The number of likely N-dealkylation sites (tertiary alicyclic amines) is 1. The van der Waals surface area contributed by atoms with E-state index in [-0.39, 0.29) is 18.6 Å². The zero-order valence-electron chi connectivity index (χ0n) is 13.3. The monoisotopic (exact) mass is 315 g/mol. The molecule has 0 saturated carbocycles. The van der Waals surface area contributed by atoms with E-state index in [1.807, 2.05) is 42.5 Å². The summed E-state index contributed by atoms with van der Waals surface area (Å²) in [6, 6.07) is 9.88. The molecule has 0 aliphatic carbocycles. The summed E-state index contributed by atoms with van der Waals surface area (Å²) in [6.45, 7) is 0.488. The van der Waals surface area contributed by atoms with E-state index in [0.29, 0.717) is 19.4 Å². The summed E-state index contributed by atoms with van der Waals surface area (Å²) in [7, 11) is 0. The molecule has 0 aromatic heterocycles. The predicted octanol–water partition coefficient (Wildman–Crippen LogP) is 2.08. The average molecular weight is 315 g/mol. The van der Waals surface area contributed by atoms with Gasteiger partial charge >= 0.3 is 0 Å². The van der Waals surface area contributed by atoms with Gasteiger partial charge in [0.25, 0.3) is 0 Å². The number of carbonyl (C=O) groups is 1. The number of benzene rings is 1. The van der Waals surface area contributed by atoms with Crippen LogP contribution in [0.25, 0.3) is 0 Å². The predicted molar refractivity (Wildman–Crippen MR) is 90.9 cm³/mol. The Morgan fingerprint density at radius 3 is 2.78 bits per heavy atom. The molecule has 2 N–H and O–H groups in total. The Morgan fingerprint density at radius 1 is 1.26 bits per heavy atom. The van der Waals surface area contributed by atoms with Gasteiger partial charge in [0.05, 0.1) is 18.8 Å². The van der Waals surface area contributed by atoms with Crippen molar-refractivity contribution in [2.24, 2.45) is 0 Å². The summed E-state index contributed by atoms with van der Waals surface area (Å²) >= 11 is 0. The number of aliphatic hydroxyl groups excluding tert-OH is 2. The van der Waals surface area contributed by atoms with Crippen LogP contribution in [-0.4, -0.2) is 46.3 Å².